The summed E-state index contributed by atoms with van der Waals surface area (Å²) in [7, 11) is -2.21. The molecule has 0 fully saturated rings. The minimum Gasteiger partial charge on any atom is -0.493 e. The molecule has 7 heteroatoms. The Bertz CT molecular complexity index is 700. The highest BCUT2D eigenvalue weighted by molar-refractivity contribution is 7.87. The third-order valence-corrected chi connectivity index (χ3v) is 5.32. The lowest BCUT2D eigenvalue weighted by Gasteiger charge is -2.29. The molecule has 0 aromatic heterocycles. The number of carbonyl (C=O) groups excluding carboxylic acids is 1. The second-order valence-corrected chi connectivity index (χ2v) is 8.65. The van der Waals surface area contributed by atoms with Crippen molar-refractivity contribution in [1.29, 1.82) is 0 Å². The van der Waals surface area contributed by atoms with Crippen LogP contribution >= 0.6 is 0 Å². The fourth-order valence-electron chi connectivity index (χ4n) is 2.45. The van der Waals surface area contributed by atoms with Gasteiger partial charge in [0.05, 0.1) is 12.9 Å². The summed E-state index contributed by atoms with van der Waals surface area (Å²) in [6, 6.07) is 5.20. The van der Waals surface area contributed by atoms with Crippen LogP contribution in [-0.2, 0) is 21.5 Å². The summed E-state index contributed by atoms with van der Waals surface area (Å²) >= 11 is 0. The van der Waals surface area contributed by atoms with Crippen LogP contribution in [0.15, 0.2) is 18.2 Å². The van der Waals surface area contributed by atoms with E-state index in [0.717, 1.165) is 12.0 Å². The molecule has 0 saturated heterocycles. The lowest BCUT2D eigenvalue weighted by molar-refractivity contribution is -0.134. The van der Waals surface area contributed by atoms with E-state index in [1.54, 1.807) is 12.1 Å². The van der Waals surface area contributed by atoms with Gasteiger partial charge in [-0.15, -0.1) is 0 Å². The van der Waals surface area contributed by atoms with E-state index < -0.39 is 10.1 Å². The molecule has 1 unspecified atom stereocenters. The molecule has 1 aromatic rings. The van der Waals surface area contributed by atoms with Crippen LogP contribution in [-0.4, -0.2) is 38.1 Å². The van der Waals surface area contributed by atoms with Crippen molar-refractivity contribution in [3.8, 4) is 11.5 Å². The van der Waals surface area contributed by atoms with E-state index in [9.17, 15) is 13.2 Å². The Morgan fingerprint density at radius 2 is 1.81 bits per heavy atom. The van der Waals surface area contributed by atoms with Crippen molar-refractivity contribution in [1.82, 2.24) is 4.90 Å². The molecule has 0 heterocycles. The minimum absolute atomic E-state index is 0.0899. The normalized spacial score (nSPS) is 12.7. The zero-order valence-electron chi connectivity index (χ0n) is 16.6. The van der Waals surface area contributed by atoms with Gasteiger partial charge in [-0.3, -0.25) is 4.79 Å². The SMILES string of the molecule is CCC(C)N(Cc1ccc(OC)c(OS(=O)(=O)CC)c1)C(=O)CC(C)C. The highest BCUT2D eigenvalue weighted by Gasteiger charge is 2.21. The van der Waals surface area contributed by atoms with Gasteiger partial charge in [0.15, 0.2) is 11.5 Å². The number of carbonyl (C=O) groups is 1. The summed E-state index contributed by atoms with van der Waals surface area (Å²) < 4.78 is 34.0. The van der Waals surface area contributed by atoms with Crippen molar-refractivity contribution < 1.29 is 22.1 Å². The maximum absolute atomic E-state index is 12.6. The molecule has 26 heavy (non-hydrogen) atoms. The second-order valence-electron chi connectivity index (χ2n) is 6.79. The first-order valence-corrected chi connectivity index (χ1v) is 10.6. The zero-order chi connectivity index (χ0) is 19.9. The summed E-state index contributed by atoms with van der Waals surface area (Å²) in [5, 5.41) is 0. The van der Waals surface area contributed by atoms with Crippen LogP contribution < -0.4 is 8.92 Å². The number of benzene rings is 1. The molecule has 1 amide bonds. The summed E-state index contributed by atoms with van der Waals surface area (Å²) in [6.45, 7) is 9.99. The van der Waals surface area contributed by atoms with Crippen molar-refractivity contribution in [2.24, 2.45) is 5.92 Å². The smallest absolute Gasteiger partial charge is 0.309 e. The molecule has 1 atom stereocenters. The topological polar surface area (TPSA) is 72.9 Å². The van der Waals surface area contributed by atoms with Crippen molar-refractivity contribution in [2.45, 2.75) is 60.0 Å². The van der Waals surface area contributed by atoms with Crippen molar-refractivity contribution in [2.75, 3.05) is 12.9 Å². The lowest BCUT2D eigenvalue weighted by atomic mass is 10.1. The fraction of sp³-hybridized carbons (Fsp3) is 0.632. The van der Waals surface area contributed by atoms with E-state index in [4.69, 9.17) is 8.92 Å². The van der Waals surface area contributed by atoms with E-state index in [0.29, 0.717) is 18.7 Å². The molecule has 0 radical (unpaired) electrons. The third-order valence-electron chi connectivity index (χ3n) is 4.18. The Labute approximate surface area is 157 Å². The highest BCUT2D eigenvalue weighted by atomic mass is 32.2. The molecule has 0 saturated carbocycles. The number of methoxy groups -OCH3 is 1. The van der Waals surface area contributed by atoms with E-state index >= 15 is 0 Å². The lowest BCUT2D eigenvalue weighted by Crippen LogP contribution is -2.38. The molecule has 0 N–H and O–H groups in total. The van der Waals surface area contributed by atoms with E-state index in [-0.39, 0.29) is 29.4 Å². The monoisotopic (exact) mass is 385 g/mol. The molecular weight excluding hydrogens is 354 g/mol. The van der Waals surface area contributed by atoms with Gasteiger partial charge >= 0.3 is 10.1 Å². The maximum Gasteiger partial charge on any atom is 0.309 e. The Hall–Kier alpha value is -1.76. The minimum atomic E-state index is -3.66. The van der Waals surface area contributed by atoms with Gasteiger partial charge in [0.1, 0.15) is 0 Å². The first-order chi connectivity index (χ1) is 12.1. The van der Waals surface area contributed by atoms with Gasteiger partial charge in [-0.2, -0.15) is 8.42 Å². The third kappa shape index (κ3) is 6.52. The van der Waals surface area contributed by atoms with Crippen molar-refractivity contribution in [3.63, 3.8) is 0 Å². The second kappa shape index (κ2) is 9.80. The van der Waals surface area contributed by atoms with Crippen LogP contribution in [0.1, 0.15) is 53.0 Å². The summed E-state index contributed by atoms with van der Waals surface area (Å²) in [5.74, 6) is 0.723. The molecule has 0 aliphatic heterocycles. The van der Waals surface area contributed by atoms with Crippen LogP contribution in [0, 0.1) is 5.92 Å². The molecule has 0 spiro atoms. The summed E-state index contributed by atoms with van der Waals surface area (Å²) in [6.07, 6.45) is 1.32. The molecular formula is C19H31NO5S. The van der Waals surface area contributed by atoms with Crippen LogP contribution in [0.2, 0.25) is 0 Å². The molecule has 148 valence electrons. The number of nitrogens with zero attached hydrogens (tertiary/aromatic N) is 1. The van der Waals surface area contributed by atoms with Gasteiger partial charge in [-0.25, -0.2) is 0 Å². The number of ether oxygens (including phenoxy) is 1. The van der Waals surface area contributed by atoms with Crippen LogP contribution in [0.4, 0.5) is 0 Å². The number of amides is 1. The largest absolute Gasteiger partial charge is 0.493 e. The Morgan fingerprint density at radius 1 is 1.15 bits per heavy atom. The van der Waals surface area contributed by atoms with Gasteiger partial charge in [-0.1, -0.05) is 26.8 Å². The van der Waals surface area contributed by atoms with Gasteiger partial charge in [-0.05, 0) is 43.9 Å². The fourth-order valence-corrected chi connectivity index (χ4v) is 2.98. The van der Waals surface area contributed by atoms with Crippen LogP contribution in [0.3, 0.4) is 0 Å². The predicted octanol–water partition coefficient (Wildman–Crippen LogP) is 3.60. The van der Waals surface area contributed by atoms with E-state index in [1.165, 1.54) is 14.0 Å². The standard InChI is InChI=1S/C19H31NO5S/c1-7-15(5)20(19(21)11-14(3)4)13-16-9-10-17(24-6)18(12-16)25-26(22,23)8-2/h9-10,12,14-15H,7-8,11,13H2,1-6H3. The van der Waals surface area contributed by atoms with Crippen molar-refractivity contribution in [3.05, 3.63) is 23.8 Å². The molecule has 0 aliphatic carbocycles. The molecule has 6 nitrogen and oxygen atoms in total. The zero-order valence-corrected chi connectivity index (χ0v) is 17.4. The number of rotatable bonds is 10. The molecule has 1 aromatic carbocycles. The maximum atomic E-state index is 12.6. The molecule has 0 bridgehead atoms. The summed E-state index contributed by atoms with van der Waals surface area (Å²) in [4.78, 5) is 14.4. The van der Waals surface area contributed by atoms with E-state index in [2.05, 4.69) is 0 Å². The number of hydrogen-bond donors (Lipinski definition) is 0. The molecule has 0 aliphatic rings. The number of hydrogen-bond acceptors (Lipinski definition) is 5. The van der Waals surface area contributed by atoms with Gasteiger partial charge < -0.3 is 13.8 Å². The Balaban J connectivity index is 3.13. The van der Waals surface area contributed by atoms with Gasteiger partial charge in [0.2, 0.25) is 5.91 Å². The Morgan fingerprint density at radius 3 is 2.31 bits per heavy atom. The summed E-state index contributed by atoms with van der Waals surface area (Å²) in [5.41, 5.74) is 0.796. The van der Waals surface area contributed by atoms with Crippen LogP contribution in [0.25, 0.3) is 0 Å². The highest BCUT2D eigenvalue weighted by Crippen LogP contribution is 2.30. The van der Waals surface area contributed by atoms with Gasteiger partial charge in [0.25, 0.3) is 0 Å². The van der Waals surface area contributed by atoms with Crippen molar-refractivity contribution >= 4 is 16.0 Å². The van der Waals surface area contributed by atoms with Crippen LogP contribution in [0.5, 0.6) is 11.5 Å². The average molecular weight is 386 g/mol. The van der Waals surface area contributed by atoms with E-state index in [1.807, 2.05) is 38.7 Å². The first kappa shape index (κ1) is 22.3. The predicted molar refractivity (Wildman–Crippen MR) is 103 cm³/mol. The quantitative estimate of drug-likeness (QED) is 0.576. The first-order valence-electron chi connectivity index (χ1n) is 9.02. The molecule has 1 rings (SSSR count). The van der Waals surface area contributed by atoms with Gasteiger partial charge in [0, 0.05) is 19.0 Å². The average Bonchev–Trinajstić information content (AvgIpc) is 2.58. The Kier molecular flexibility index (Phi) is 8.40.